The molecule has 2 N–H and O–H groups in total. The molecule has 0 radical (unpaired) electrons. The number of aromatic nitrogens is 3. The van der Waals surface area contributed by atoms with E-state index in [1.807, 2.05) is 0 Å². The lowest BCUT2D eigenvalue weighted by atomic mass is 10.0. The maximum Gasteiger partial charge on any atom is 0.145 e. The van der Waals surface area contributed by atoms with Gasteiger partial charge in [0.15, 0.2) is 0 Å². The molecule has 1 fully saturated rings. The Hall–Kier alpha value is -1.62. The molecular weight excluding hydrogens is 238 g/mol. The molecule has 1 aliphatic rings. The SMILES string of the molecule is CCn1ccc2c(N[C@H]3CC[C@H](C)NC3)ncnc21. The Kier molecular flexibility index (Phi) is 3.38. The van der Waals surface area contributed by atoms with Crippen LogP contribution in [-0.2, 0) is 6.54 Å². The van der Waals surface area contributed by atoms with Crippen molar-refractivity contribution >= 4 is 16.9 Å². The van der Waals surface area contributed by atoms with Crippen molar-refractivity contribution < 1.29 is 0 Å². The quantitative estimate of drug-likeness (QED) is 0.885. The van der Waals surface area contributed by atoms with Crippen LogP contribution in [0, 0.1) is 0 Å². The minimum absolute atomic E-state index is 0.458. The molecule has 5 heteroatoms. The second-order valence-corrected chi connectivity index (χ2v) is 5.29. The van der Waals surface area contributed by atoms with E-state index in [9.17, 15) is 0 Å². The highest BCUT2D eigenvalue weighted by molar-refractivity contribution is 5.87. The van der Waals surface area contributed by atoms with E-state index in [1.165, 1.54) is 12.8 Å². The Morgan fingerprint density at radius 2 is 2.32 bits per heavy atom. The summed E-state index contributed by atoms with van der Waals surface area (Å²) in [7, 11) is 0. The Bertz CT molecular complexity index is 554. The number of hydrogen-bond acceptors (Lipinski definition) is 4. The van der Waals surface area contributed by atoms with Gasteiger partial charge in [-0.1, -0.05) is 0 Å². The molecule has 5 nitrogen and oxygen atoms in total. The van der Waals surface area contributed by atoms with Crippen molar-refractivity contribution in [2.75, 3.05) is 11.9 Å². The molecule has 19 heavy (non-hydrogen) atoms. The number of nitrogens with one attached hydrogen (secondary N) is 2. The monoisotopic (exact) mass is 259 g/mol. The summed E-state index contributed by atoms with van der Waals surface area (Å²) in [4.78, 5) is 8.78. The lowest BCUT2D eigenvalue weighted by molar-refractivity contribution is 0.398. The molecule has 0 saturated carbocycles. The molecule has 2 aromatic heterocycles. The van der Waals surface area contributed by atoms with Crippen LogP contribution in [0.4, 0.5) is 5.82 Å². The summed E-state index contributed by atoms with van der Waals surface area (Å²) in [5.74, 6) is 0.957. The molecule has 0 unspecified atom stereocenters. The highest BCUT2D eigenvalue weighted by atomic mass is 15.1. The second kappa shape index (κ2) is 5.17. The highest BCUT2D eigenvalue weighted by Gasteiger charge is 2.18. The van der Waals surface area contributed by atoms with Gasteiger partial charge < -0.3 is 15.2 Å². The Morgan fingerprint density at radius 3 is 3.05 bits per heavy atom. The smallest absolute Gasteiger partial charge is 0.145 e. The van der Waals surface area contributed by atoms with Crippen LogP contribution < -0.4 is 10.6 Å². The van der Waals surface area contributed by atoms with Crippen LogP contribution in [0.2, 0.25) is 0 Å². The number of hydrogen-bond donors (Lipinski definition) is 2. The molecule has 3 heterocycles. The third-order valence-electron chi connectivity index (χ3n) is 3.90. The first-order valence-electron chi connectivity index (χ1n) is 7.07. The van der Waals surface area contributed by atoms with Crippen LogP contribution in [-0.4, -0.2) is 33.2 Å². The standard InChI is InChI=1S/C14H21N5/c1-3-19-7-6-12-13(16-9-17-14(12)19)18-11-5-4-10(2)15-8-11/h6-7,9-11,15H,3-5,8H2,1-2H3,(H,16,17,18)/t10-,11-/m0/s1. The van der Waals surface area contributed by atoms with E-state index < -0.39 is 0 Å². The van der Waals surface area contributed by atoms with E-state index in [-0.39, 0.29) is 0 Å². The van der Waals surface area contributed by atoms with Crippen molar-refractivity contribution in [3.8, 4) is 0 Å². The molecule has 0 aliphatic carbocycles. The van der Waals surface area contributed by atoms with Gasteiger partial charge in [-0.2, -0.15) is 0 Å². The van der Waals surface area contributed by atoms with E-state index in [1.54, 1.807) is 6.33 Å². The zero-order chi connectivity index (χ0) is 13.2. The zero-order valence-electron chi connectivity index (χ0n) is 11.6. The molecule has 1 aliphatic heterocycles. The van der Waals surface area contributed by atoms with Crippen molar-refractivity contribution in [1.29, 1.82) is 0 Å². The third kappa shape index (κ3) is 2.42. The van der Waals surface area contributed by atoms with Gasteiger partial charge >= 0.3 is 0 Å². The maximum absolute atomic E-state index is 4.40. The van der Waals surface area contributed by atoms with Gasteiger partial charge in [0.2, 0.25) is 0 Å². The first kappa shape index (κ1) is 12.4. The predicted octanol–water partition coefficient (Wildman–Crippen LogP) is 2.00. The minimum Gasteiger partial charge on any atom is -0.365 e. The lowest BCUT2D eigenvalue weighted by Gasteiger charge is -2.28. The third-order valence-corrected chi connectivity index (χ3v) is 3.90. The van der Waals surface area contributed by atoms with Gasteiger partial charge in [-0.25, -0.2) is 9.97 Å². The predicted molar refractivity (Wildman–Crippen MR) is 77.3 cm³/mol. The number of piperidine rings is 1. The molecule has 0 spiro atoms. The van der Waals surface area contributed by atoms with Crippen molar-refractivity contribution in [3.05, 3.63) is 18.6 Å². The molecule has 1 saturated heterocycles. The van der Waals surface area contributed by atoms with Gasteiger partial charge in [-0.3, -0.25) is 0 Å². The van der Waals surface area contributed by atoms with Gasteiger partial charge in [0.25, 0.3) is 0 Å². The maximum atomic E-state index is 4.40. The topological polar surface area (TPSA) is 54.8 Å². The van der Waals surface area contributed by atoms with Crippen molar-refractivity contribution in [1.82, 2.24) is 19.9 Å². The molecule has 2 atom stereocenters. The van der Waals surface area contributed by atoms with Crippen LogP contribution in [0.3, 0.4) is 0 Å². The van der Waals surface area contributed by atoms with E-state index in [4.69, 9.17) is 0 Å². The first-order chi connectivity index (χ1) is 9.28. The van der Waals surface area contributed by atoms with Crippen LogP contribution in [0.15, 0.2) is 18.6 Å². The molecular formula is C14H21N5. The lowest BCUT2D eigenvalue weighted by Crippen LogP contribution is -2.43. The Balaban J connectivity index is 1.83. The summed E-state index contributed by atoms with van der Waals surface area (Å²) >= 11 is 0. The van der Waals surface area contributed by atoms with Crippen LogP contribution >= 0.6 is 0 Å². The summed E-state index contributed by atoms with van der Waals surface area (Å²) in [6.45, 7) is 6.30. The normalized spacial score (nSPS) is 23.7. The van der Waals surface area contributed by atoms with Crippen molar-refractivity contribution in [2.45, 2.75) is 45.3 Å². The Morgan fingerprint density at radius 1 is 1.42 bits per heavy atom. The summed E-state index contributed by atoms with van der Waals surface area (Å²) in [5.41, 5.74) is 1.01. The van der Waals surface area contributed by atoms with E-state index >= 15 is 0 Å². The number of anilines is 1. The molecule has 2 aromatic rings. The van der Waals surface area contributed by atoms with E-state index in [0.29, 0.717) is 12.1 Å². The molecule has 0 aromatic carbocycles. The number of aryl methyl sites for hydroxylation is 1. The van der Waals surface area contributed by atoms with Crippen LogP contribution in [0.1, 0.15) is 26.7 Å². The first-order valence-corrected chi connectivity index (χ1v) is 7.07. The molecule has 3 rings (SSSR count). The van der Waals surface area contributed by atoms with Gasteiger partial charge in [-0.05, 0) is 32.8 Å². The zero-order valence-corrected chi connectivity index (χ0v) is 11.6. The average molecular weight is 259 g/mol. The number of fused-ring (bicyclic) bond motifs is 1. The summed E-state index contributed by atoms with van der Waals surface area (Å²) in [6, 6.07) is 3.18. The fourth-order valence-electron chi connectivity index (χ4n) is 2.69. The van der Waals surface area contributed by atoms with E-state index in [0.717, 1.165) is 29.9 Å². The minimum atomic E-state index is 0.458. The molecule has 102 valence electrons. The van der Waals surface area contributed by atoms with Gasteiger partial charge in [-0.15, -0.1) is 0 Å². The second-order valence-electron chi connectivity index (χ2n) is 5.29. The van der Waals surface area contributed by atoms with Gasteiger partial charge in [0, 0.05) is 31.4 Å². The van der Waals surface area contributed by atoms with Gasteiger partial charge in [0.1, 0.15) is 17.8 Å². The molecule has 0 amide bonds. The fourth-order valence-corrected chi connectivity index (χ4v) is 2.69. The summed E-state index contributed by atoms with van der Waals surface area (Å²) < 4.78 is 2.14. The van der Waals surface area contributed by atoms with Gasteiger partial charge in [0.05, 0.1) is 5.39 Å². The largest absolute Gasteiger partial charge is 0.365 e. The summed E-state index contributed by atoms with van der Waals surface area (Å²) in [5, 5.41) is 8.17. The average Bonchev–Trinajstić information content (AvgIpc) is 2.85. The number of rotatable bonds is 3. The van der Waals surface area contributed by atoms with Crippen molar-refractivity contribution in [3.63, 3.8) is 0 Å². The Labute approximate surface area is 113 Å². The number of nitrogens with zero attached hydrogens (tertiary/aromatic N) is 3. The highest BCUT2D eigenvalue weighted by Crippen LogP contribution is 2.22. The van der Waals surface area contributed by atoms with Crippen LogP contribution in [0.25, 0.3) is 11.0 Å². The van der Waals surface area contributed by atoms with E-state index in [2.05, 4.69) is 51.3 Å². The van der Waals surface area contributed by atoms with Crippen molar-refractivity contribution in [2.24, 2.45) is 0 Å². The van der Waals surface area contributed by atoms with Crippen LogP contribution in [0.5, 0.6) is 0 Å². The molecule has 0 bridgehead atoms. The fraction of sp³-hybridized carbons (Fsp3) is 0.571. The summed E-state index contributed by atoms with van der Waals surface area (Å²) in [6.07, 6.45) is 6.12.